The van der Waals surface area contributed by atoms with E-state index in [2.05, 4.69) is 62.2 Å². The summed E-state index contributed by atoms with van der Waals surface area (Å²) in [6.07, 6.45) is 0.138. The zero-order valence-corrected chi connectivity index (χ0v) is 10.5. The van der Waals surface area contributed by atoms with Crippen LogP contribution in [0.25, 0.3) is 10.8 Å². The summed E-state index contributed by atoms with van der Waals surface area (Å²) in [5.41, 5.74) is 1.31. The smallest absolute Gasteiger partial charge is 0.150 e. The Morgan fingerprint density at radius 3 is 2.65 bits per heavy atom. The molecule has 0 bridgehead atoms. The Bertz CT molecular complexity index is 564. The molecule has 0 unspecified atom stereocenters. The Kier molecular flexibility index (Phi) is 2.33. The van der Waals surface area contributed by atoms with E-state index in [-0.39, 0.29) is 6.23 Å². The van der Waals surface area contributed by atoms with Crippen LogP contribution in [-0.2, 0) is 0 Å². The number of rotatable bonds is 0. The van der Waals surface area contributed by atoms with Crippen LogP contribution in [0.4, 0.5) is 0 Å². The molecule has 0 aliphatic carbocycles. The van der Waals surface area contributed by atoms with E-state index in [0.717, 1.165) is 5.75 Å². The van der Waals surface area contributed by atoms with E-state index in [1.807, 2.05) is 0 Å². The number of ether oxygens (including phenoxy) is 1. The molecule has 0 aromatic heterocycles. The molecule has 0 fully saturated rings. The molecule has 0 N–H and O–H groups in total. The lowest BCUT2D eigenvalue weighted by Crippen LogP contribution is -2.39. The van der Waals surface area contributed by atoms with Gasteiger partial charge in [0.2, 0.25) is 0 Å². The van der Waals surface area contributed by atoms with Gasteiger partial charge in [0.15, 0.2) is 0 Å². The minimum Gasteiger partial charge on any atom is -0.475 e. The van der Waals surface area contributed by atoms with Crippen molar-refractivity contribution < 1.29 is 4.74 Å². The molecule has 2 aromatic rings. The van der Waals surface area contributed by atoms with Crippen LogP contribution in [0, 0.1) is 0 Å². The Hall–Kier alpha value is -1.54. The maximum absolute atomic E-state index is 5.95. The lowest BCUT2D eigenvalue weighted by atomic mass is 9.96. The van der Waals surface area contributed by atoms with Crippen LogP contribution < -0.4 is 4.74 Å². The SMILES string of the molecule is C[C@@H]1Oc2ccc3ccccc3c2[C@@H](C)N1C. The molecular formula is C15H17NO. The standard InChI is InChI=1S/C15H17NO/c1-10-15-13-7-5-4-6-12(13)8-9-14(15)17-11(2)16(10)3/h4-11H,1-3H3/t10-,11+/m1/s1. The second-order valence-corrected chi connectivity index (χ2v) is 4.76. The van der Waals surface area contributed by atoms with Gasteiger partial charge < -0.3 is 4.74 Å². The molecule has 1 aliphatic heterocycles. The van der Waals surface area contributed by atoms with Gasteiger partial charge in [-0.3, -0.25) is 4.90 Å². The van der Waals surface area contributed by atoms with Gasteiger partial charge in [0.25, 0.3) is 0 Å². The van der Waals surface area contributed by atoms with Crippen LogP contribution in [-0.4, -0.2) is 18.2 Å². The fourth-order valence-electron chi connectivity index (χ4n) is 2.59. The topological polar surface area (TPSA) is 12.5 Å². The lowest BCUT2D eigenvalue weighted by molar-refractivity contribution is 0.0111. The highest BCUT2D eigenvalue weighted by atomic mass is 16.5. The van der Waals surface area contributed by atoms with Gasteiger partial charge in [-0.05, 0) is 37.7 Å². The van der Waals surface area contributed by atoms with Gasteiger partial charge in [0.1, 0.15) is 12.0 Å². The van der Waals surface area contributed by atoms with Gasteiger partial charge in [-0.1, -0.05) is 30.3 Å². The molecule has 0 saturated heterocycles. The molecule has 88 valence electrons. The fourth-order valence-corrected chi connectivity index (χ4v) is 2.59. The summed E-state index contributed by atoms with van der Waals surface area (Å²) in [4.78, 5) is 2.26. The van der Waals surface area contributed by atoms with E-state index in [9.17, 15) is 0 Å². The quantitative estimate of drug-likeness (QED) is 0.682. The Balaban J connectivity index is 2.29. The lowest BCUT2D eigenvalue weighted by Gasteiger charge is -2.38. The van der Waals surface area contributed by atoms with Gasteiger partial charge in [0.05, 0.1) is 0 Å². The van der Waals surface area contributed by atoms with Crippen molar-refractivity contribution in [2.24, 2.45) is 0 Å². The molecular weight excluding hydrogens is 210 g/mol. The molecule has 0 amide bonds. The second-order valence-electron chi connectivity index (χ2n) is 4.76. The number of benzene rings is 2. The maximum Gasteiger partial charge on any atom is 0.150 e. The van der Waals surface area contributed by atoms with Crippen molar-refractivity contribution in [3.8, 4) is 5.75 Å². The predicted molar refractivity (Wildman–Crippen MR) is 70.2 cm³/mol. The Morgan fingerprint density at radius 1 is 1.06 bits per heavy atom. The zero-order valence-electron chi connectivity index (χ0n) is 10.5. The first-order valence-electron chi connectivity index (χ1n) is 6.08. The van der Waals surface area contributed by atoms with Gasteiger partial charge >= 0.3 is 0 Å². The molecule has 17 heavy (non-hydrogen) atoms. The molecule has 2 atom stereocenters. The van der Waals surface area contributed by atoms with Crippen LogP contribution in [0.1, 0.15) is 25.5 Å². The summed E-state index contributed by atoms with van der Waals surface area (Å²) < 4.78 is 5.95. The molecule has 2 heteroatoms. The van der Waals surface area contributed by atoms with Crippen molar-refractivity contribution in [2.45, 2.75) is 26.1 Å². The molecule has 0 radical (unpaired) electrons. The predicted octanol–water partition coefficient (Wildman–Crippen LogP) is 3.57. The van der Waals surface area contributed by atoms with Gasteiger partial charge in [-0.15, -0.1) is 0 Å². The van der Waals surface area contributed by atoms with Crippen LogP contribution in [0.5, 0.6) is 5.75 Å². The van der Waals surface area contributed by atoms with Crippen LogP contribution in [0.2, 0.25) is 0 Å². The van der Waals surface area contributed by atoms with Gasteiger partial charge in [-0.2, -0.15) is 0 Å². The third-order valence-electron chi connectivity index (χ3n) is 3.83. The molecule has 2 nitrogen and oxygen atoms in total. The highest BCUT2D eigenvalue weighted by molar-refractivity contribution is 5.88. The number of nitrogens with zero attached hydrogens (tertiary/aromatic N) is 1. The van der Waals surface area contributed by atoms with Crippen molar-refractivity contribution in [3.05, 3.63) is 42.0 Å². The van der Waals surface area contributed by atoms with Crippen molar-refractivity contribution >= 4 is 10.8 Å². The first-order chi connectivity index (χ1) is 8.18. The second kappa shape index (κ2) is 3.74. The molecule has 1 heterocycles. The summed E-state index contributed by atoms with van der Waals surface area (Å²) >= 11 is 0. The zero-order chi connectivity index (χ0) is 12.0. The number of hydrogen-bond donors (Lipinski definition) is 0. The molecule has 1 aliphatic rings. The monoisotopic (exact) mass is 227 g/mol. The minimum absolute atomic E-state index is 0.138. The van der Waals surface area contributed by atoms with Crippen LogP contribution >= 0.6 is 0 Å². The van der Waals surface area contributed by atoms with E-state index in [1.54, 1.807) is 0 Å². The van der Waals surface area contributed by atoms with Crippen LogP contribution in [0.3, 0.4) is 0 Å². The van der Waals surface area contributed by atoms with Crippen molar-refractivity contribution in [1.29, 1.82) is 0 Å². The Morgan fingerprint density at radius 2 is 1.82 bits per heavy atom. The van der Waals surface area contributed by atoms with Gasteiger partial charge in [-0.25, -0.2) is 0 Å². The first-order valence-corrected chi connectivity index (χ1v) is 6.08. The van der Waals surface area contributed by atoms with Crippen molar-refractivity contribution in [2.75, 3.05) is 7.05 Å². The summed E-state index contributed by atoms with van der Waals surface area (Å²) in [6.45, 7) is 4.33. The summed E-state index contributed by atoms with van der Waals surface area (Å²) in [5.74, 6) is 1.03. The number of hydrogen-bond acceptors (Lipinski definition) is 2. The van der Waals surface area contributed by atoms with Crippen molar-refractivity contribution in [1.82, 2.24) is 4.90 Å². The van der Waals surface area contributed by atoms with E-state index in [1.165, 1.54) is 16.3 Å². The molecule has 3 rings (SSSR count). The summed E-state index contributed by atoms with van der Waals surface area (Å²) in [7, 11) is 2.11. The molecule has 0 spiro atoms. The van der Waals surface area contributed by atoms with E-state index < -0.39 is 0 Å². The minimum atomic E-state index is 0.138. The Labute approximate surface area is 102 Å². The normalized spacial score (nSPS) is 24.4. The third-order valence-corrected chi connectivity index (χ3v) is 3.83. The fraction of sp³-hybridized carbons (Fsp3) is 0.333. The summed E-state index contributed by atoms with van der Waals surface area (Å²) in [6, 6.07) is 13.1. The van der Waals surface area contributed by atoms with Crippen LogP contribution in [0.15, 0.2) is 36.4 Å². The highest BCUT2D eigenvalue weighted by Crippen LogP contribution is 2.39. The molecule has 0 saturated carbocycles. The first kappa shape index (κ1) is 10.6. The average molecular weight is 227 g/mol. The van der Waals surface area contributed by atoms with E-state index in [4.69, 9.17) is 4.74 Å². The van der Waals surface area contributed by atoms with Crippen molar-refractivity contribution in [3.63, 3.8) is 0 Å². The van der Waals surface area contributed by atoms with E-state index >= 15 is 0 Å². The number of fused-ring (bicyclic) bond motifs is 3. The maximum atomic E-state index is 5.95. The third kappa shape index (κ3) is 1.52. The largest absolute Gasteiger partial charge is 0.475 e. The average Bonchev–Trinajstić information content (AvgIpc) is 2.35. The molecule has 2 aromatic carbocycles. The summed E-state index contributed by atoms with van der Waals surface area (Å²) in [5, 5.41) is 2.58. The highest BCUT2D eigenvalue weighted by Gasteiger charge is 2.28. The van der Waals surface area contributed by atoms with Gasteiger partial charge in [0, 0.05) is 11.6 Å². The van der Waals surface area contributed by atoms with E-state index in [0.29, 0.717) is 6.04 Å².